The van der Waals surface area contributed by atoms with Gasteiger partial charge < -0.3 is 0 Å². The molecule has 0 saturated carbocycles. The molecule has 0 aliphatic carbocycles. The molecular weight excluding hydrogens is 206 g/mol. The van der Waals surface area contributed by atoms with Crippen molar-refractivity contribution < 1.29 is 0 Å². The van der Waals surface area contributed by atoms with Gasteiger partial charge in [-0.2, -0.15) is 0 Å². The van der Waals surface area contributed by atoms with Crippen LogP contribution in [0.15, 0.2) is 30.3 Å². The lowest BCUT2D eigenvalue weighted by atomic mass is 9.95. The number of unbranched alkanes of at least 4 members (excludes halogenated alkanes) is 2. The van der Waals surface area contributed by atoms with E-state index < -0.39 is 0 Å². The maximum atomic E-state index is 2.70. The van der Waals surface area contributed by atoms with Crippen LogP contribution in [0.1, 0.15) is 57.1 Å². The minimum atomic E-state index is 0.682. The average Bonchev–Trinajstić information content (AvgIpc) is 2.41. The van der Waals surface area contributed by atoms with Gasteiger partial charge in [-0.1, -0.05) is 56.5 Å². The molecule has 17 heavy (non-hydrogen) atoms. The molecule has 1 fully saturated rings. The number of hydrogen-bond acceptors (Lipinski definition) is 1. The topological polar surface area (TPSA) is 3.24 Å². The monoisotopic (exact) mass is 231 g/mol. The lowest BCUT2D eigenvalue weighted by molar-refractivity contribution is 0.146. The maximum Gasteiger partial charge on any atom is 0.0348 e. The minimum absolute atomic E-state index is 0.682. The van der Waals surface area contributed by atoms with Gasteiger partial charge in [-0.25, -0.2) is 0 Å². The van der Waals surface area contributed by atoms with Crippen molar-refractivity contribution in [3.05, 3.63) is 35.9 Å². The van der Waals surface area contributed by atoms with Gasteiger partial charge in [-0.15, -0.1) is 0 Å². The third-order valence-electron chi connectivity index (χ3n) is 3.85. The van der Waals surface area contributed by atoms with Gasteiger partial charge in [0.05, 0.1) is 0 Å². The third-order valence-corrected chi connectivity index (χ3v) is 3.85. The summed E-state index contributed by atoms with van der Waals surface area (Å²) < 4.78 is 0. The SMILES string of the molecule is CCCCCN1CCCCC1c1ccccc1. The van der Waals surface area contributed by atoms with E-state index >= 15 is 0 Å². The number of likely N-dealkylation sites (tertiary alicyclic amines) is 1. The minimum Gasteiger partial charge on any atom is -0.296 e. The van der Waals surface area contributed by atoms with E-state index in [-0.39, 0.29) is 0 Å². The second kappa shape index (κ2) is 6.80. The summed E-state index contributed by atoms with van der Waals surface area (Å²) >= 11 is 0. The summed E-state index contributed by atoms with van der Waals surface area (Å²) in [5.41, 5.74) is 1.52. The smallest absolute Gasteiger partial charge is 0.0348 e. The van der Waals surface area contributed by atoms with Crippen molar-refractivity contribution >= 4 is 0 Å². The van der Waals surface area contributed by atoms with Crippen LogP contribution in [0.2, 0.25) is 0 Å². The molecule has 94 valence electrons. The van der Waals surface area contributed by atoms with Gasteiger partial charge in [-0.3, -0.25) is 4.90 Å². The van der Waals surface area contributed by atoms with E-state index in [0.29, 0.717) is 6.04 Å². The van der Waals surface area contributed by atoms with Crippen LogP contribution in [-0.4, -0.2) is 18.0 Å². The Hall–Kier alpha value is -0.820. The molecule has 2 rings (SSSR count). The van der Waals surface area contributed by atoms with Crippen molar-refractivity contribution in [1.29, 1.82) is 0 Å². The Morgan fingerprint density at radius 3 is 2.71 bits per heavy atom. The van der Waals surface area contributed by atoms with Gasteiger partial charge in [0.15, 0.2) is 0 Å². The summed E-state index contributed by atoms with van der Waals surface area (Å²) in [5.74, 6) is 0. The molecule has 0 N–H and O–H groups in total. The predicted molar refractivity (Wildman–Crippen MR) is 74.1 cm³/mol. The fraction of sp³-hybridized carbons (Fsp3) is 0.625. The first kappa shape index (κ1) is 12.6. The van der Waals surface area contributed by atoms with Gasteiger partial charge in [0.25, 0.3) is 0 Å². The number of benzene rings is 1. The Labute approximate surface area is 106 Å². The number of hydrogen-bond donors (Lipinski definition) is 0. The highest BCUT2D eigenvalue weighted by Gasteiger charge is 2.22. The molecule has 1 unspecified atom stereocenters. The van der Waals surface area contributed by atoms with Crippen LogP contribution in [0, 0.1) is 0 Å². The van der Waals surface area contributed by atoms with Gasteiger partial charge in [-0.05, 0) is 37.9 Å². The Morgan fingerprint density at radius 1 is 1.12 bits per heavy atom. The number of rotatable bonds is 5. The molecule has 0 spiro atoms. The molecule has 1 heterocycles. The molecule has 1 heteroatoms. The molecule has 1 aliphatic heterocycles. The van der Waals surface area contributed by atoms with Crippen LogP contribution in [-0.2, 0) is 0 Å². The summed E-state index contributed by atoms with van der Waals surface area (Å²) in [6, 6.07) is 11.7. The maximum absolute atomic E-state index is 2.70. The lowest BCUT2D eigenvalue weighted by Crippen LogP contribution is -2.34. The zero-order chi connectivity index (χ0) is 11.9. The first-order valence-electron chi connectivity index (χ1n) is 7.21. The van der Waals surface area contributed by atoms with Crippen LogP contribution in [0.5, 0.6) is 0 Å². The van der Waals surface area contributed by atoms with Crippen molar-refractivity contribution in [2.75, 3.05) is 13.1 Å². The zero-order valence-electron chi connectivity index (χ0n) is 11.1. The summed E-state index contributed by atoms with van der Waals surface area (Å²) in [4.78, 5) is 2.70. The van der Waals surface area contributed by atoms with E-state index in [2.05, 4.69) is 42.2 Å². The second-order valence-electron chi connectivity index (χ2n) is 5.17. The molecular formula is C16H25N. The van der Waals surface area contributed by atoms with Crippen LogP contribution in [0.4, 0.5) is 0 Å². The quantitative estimate of drug-likeness (QED) is 0.679. The summed E-state index contributed by atoms with van der Waals surface area (Å²) in [6.07, 6.45) is 8.18. The fourth-order valence-electron chi connectivity index (χ4n) is 2.88. The third kappa shape index (κ3) is 3.57. The Bertz CT molecular complexity index is 307. The second-order valence-corrected chi connectivity index (χ2v) is 5.17. The van der Waals surface area contributed by atoms with E-state index in [1.165, 1.54) is 57.2 Å². The molecule has 1 aromatic carbocycles. The van der Waals surface area contributed by atoms with Gasteiger partial charge in [0, 0.05) is 6.04 Å². The number of piperidine rings is 1. The van der Waals surface area contributed by atoms with E-state index in [0.717, 1.165) is 0 Å². The van der Waals surface area contributed by atoms with E-state index in [9.17, 15) is 0 Å². The Balaban J connectivity index is 1.97. The molecule has 1 saturated heterocycles. The van der Waals surface area contributed by atoms with Crippen LogP contribution in [0.25, 0.3) is 0 Å². The van der Waals surface area contributed by atoms with E-state index in [1.807, 2.05) is 0 Å². The highest BCUT2D eigenvalue weighted by Crippen LogP contribution is 2.30. The Kier molecular flexibility index (Phi) is 5.06. The summed E-state index contributed by atoms with van der Waals surface area (Å²) in [5, 5.41) is 0. The average molecular weight is 231 g/mol. The molecule has 1 aromatic rings. The zero-order valence-corrected chi connectivity index (χ0v) is 11.1. The van der Waals surface area contributed by atoms with Crippen LogP contribution in [0.3, 0.4) is 0 Å². The highest BCUT2D eigenvalue weighted by molar-refractivity contribution is 5.19. The van der Waals surface area contributed by atoms with Crippen molar-refractivity contribution in [2.45, 2.75) is 51.5 Å². The first-order chi connectivity index (χ1) is 8.42. The van der Waals surface area contributed by atoms with Gasteiger partial charge in [0.1, 0.15) is 0 Å². The van der Waals surface area contributed by atoms with Crippen molar-refractivity contribution in [1.82, 2.24) is 4.90 Å². The number of nitrogens with zero attached hydrogens (tertiary/aromatic N) is 1. The van der Waals surface area contributed by atoms with E-state index in [4.69, 9.17) is 0 Å². The van der Waals surface area contributed by atoms with Crippen molar-refractivity contribution in [3.63, 3.8) is 0 Å². The van der Waals surface area contributed by atoms with Gasteiger partial charge in [0.2, 0.25) is 0 Å². The summed E-state index contributed by atoms with van der Waals surface area (Å²) in [7, 11) is 0. The molecule has 0 amide bonds. The largest absolute Gasteiger partial charge is 0.296 e. The molecule has 0 aromatic heterocycles. The molecule has 1 aliphatic rings. The summed E-state index contributed by atoms with van der Waals surface area (Å²) in [6.45, 7) is 4.86. The lowest BCUT2D eigenvalue weighted by Gasteiger charge is -2.36. The highest BCUT2D eigenvalue weighted by atomic mass is 15.2. The standard InChI is InChI=1S/C16H25N/c1-2-3-8-13-17-14-9-7-12-16(17)15-10-5-4-6-11-15/h4-6,10-11,16H,2-3,7-9,12-14H2,1H3. The van der Waals surface area contributed by atoms with Crippen molar-refractivity contribution in [3.8, 4) is 0 Å². The van der Waals surface area contributed by atoms with E-state index in [1.54, 1.807) is 0 Å². The van der Waals surface area contributed by atoms with Crippen LogP contribution >= 0.6 is 0 Å². The van der Waals surface area contributed by atoms with Crippen molar-refractivity contribution in [2.24, 2.45) is 0 Å². The molecule has 0 bridgehead atoms. The first-order valence-corrected chi connectivity index (χ1v) is 7.21. The normalized spacial score (nSPS) is 21.6. The fourth-order valence-corrected chi connectivity index (χ4v) is 2.88. The van der Waals surface area contributed by atoms with Crippen LogP contribution < -0.4 is 0 Å². The molecule has 0 radical (unpaired) electrons. The molecule has 1 nitrogen and oxygen atoms in total. The predicted octanol–water partition coefficient (Wildman–Crippen LogP) is 4.40. The molecule has 1 atom stereocenters. The van der Waals surface area contributed by atoms with Gasteiger partial charge >= 0.3 is 0 Å². The Morgan fingerprint density at radius 2 is 1.94 bits per heavy atom.